The zero-order valence-corrected chi connectivity index (χ0v) is 25.0. The van der Waals surface area contributed by atoms with Gasteiger partial charge in [0.2, 0.25) is 0 Å². The van der Waals surface area contributed by atoms with Crippen LogP contribution in [0.5, 0.6) is 5.75 Å². The van der Waals surface area contributed by atoms with Crippen molar-refractivity contribution in [3.63, 3.8) is 0 Å². The molecule has 1 fully saturated rings. The Bertz CT molecular complexity index is 1810. The first-order chi connectivity index (χ1) is 21.6. The molecule has 0 saturated carbocycles. The predicted octanol–water partition coefficient (Wildman–Crippen LogP) is 3.58. The van der Waals surface area contributed by atoms with Gasteiger partial charge in [-0.25, -0.2) is 13.6 Å². The fourth-order valence-electron chi connectivity index (χ4n) is 5.76. The third kappa shape index (κ3) is 6.64. The van der Waals surface area contributed by atoms with E-state index in [1.165, 1.54) is 29.9 Å². The van der Waals surface area contributed by atoms with Crippen molar-refractivity contribution in [2.24, 2.45) is 5.73 Å². The Balaban J connectivity index is 1.49. The summed E-state index contributed by atoms with van der Waals surface area (Å²) >= 11 is 0. The number of aromatic nitrogens is 2. The molecule has 5 rings (SSSR count). The quantitative estimate of drug-likeness (QED) is 0.211. The molecular weight excluding hydrogens is 586 g/mol. The van der Waals surface area contributed by atoms with Crippen LogP contribution in [0.2, 0.25) is 0 Å². The third-order valence-corrected chi connectivity index (χ3v) is 8.17. The lowest BCUT2D eigenvalue weighted by atomic mass is 10.1. The van der Waals surface area contributed by atoms with E-state index < -0.39 is 40.4 Å². The summed E-state index contributed by atoms with van der Waals surface area (Å²) in [6.45, 7) is 3.35. The minimum absolute atomic E-state index is 0.0159. The van der Waals surface area contributed by atoms with Gasteiger partial charge in [-0.3, -0.25) is 28.9 Å². The number of nitrogens with two attached hydrogens (primary N) is 1. The molecule has 13 heteroatoms. The molecule has 2 N–H and O–H groups in total. The number of nitrogens with zero attached hydrogens (tertiary/aromatic N) is 5. The highest BCUT2D eigenvalue weighted by Crippen LogP contribution is 2.25. The van der Waals surface area contributed by atoms with Crippen LogP contribution in [0.3, 0.4) is 0 Å². The first kappa shape index (κ1) is 31.5. The van der Waals surface area contributed by atoms with Crippen molar-refractivity contribution in [1.29, 1.82) is 0 Å². The van der Waals surface area contributed by atoms with E-state index in [0.29, 0.717) is 44.0 Å². The number of piperazine rings is 1. The van der Waals surface area contributed by atoms with Crippen molar-refractivity contribution in [2.75, 3.05) is 38.2 Å². The minimum atomic E-state index is -0.805. The lowest BCUT2D eigenvalue weighted by Crippen LogP contribution is -2.51. The Morgan fingerprint density at radius 1 is 0.933 bits per heavy atom. The highest BCUT2D eigenvalue weighted by molar-refractivity contribution is 5.50. The zero-order chi connectivity index (χ0) is 32.2. The number of methoxy groups -OCH3 is 1. The van der Waals surface area contributed by atoms with Crippen molar-refractivity contribution in [3.8, 4) is 5.75 Å². The topological polar surface area (TPSA) is 129 Å². The molecule has 1 saturated heterocycles. The number of benzene rings is 3. The number of halogens is 2. The third-order valence-electron chi connectivity index (χ3n) is 8.17. The average Bonchev–Trinajstić information content (AvgIpc) is 3.03. The van der Waals surface area contributed by atoms with Crippen LogP contribution in [-0.4, -0.2) is 52.2 Å². The Hall–Kier alpha value is -4.88. The molecule has 0 bridgehead atoms. The van der Waals surface area contributed by atoms with E-state index in [1.807, 2.05) is 11.0 Å². The largest absolute Gasteiger partial charge is 0.496 e. The SMILES string of the molecule is COc1ccccc1[C@@H](N)Cn1c(=O)c(N2CCN(Cc3cccc([N+](=O)[O-])c3)CC2)c(C)n(Cc2c(F)cccc2F)c1=O. The maximum atomic E-state index is 14.7. The van der Waals surface area contributed by atoms with Crippen molar-refractivity contribution in [2.45, 2.75) is 32.6 Å². The van der Waals surface area contributed by atoms with Gasteiger partial charge in [0.15, 0.2) is 0 Å². The molecule has 0 aliphatic carbocycles. The summed E-state index contributed by atoms with van der Waals surface area (Å²) in [5.41, 5.74) is 6.85. The minimum Gasteiger partial charge on any atom is -0.496 e. The molecule has 0 amide bonds. The summed E-state index contributed by atoms with van der Waals surface area (Å²) in [4.78, 5) is 42.6. The summed E-state index contributed by atoms with van der Waals surface area (Å²) < 4.78 is 37.1. The number of para-hydroxylation sites is 1. The number of rotatable bonds is 10. The monoisotopic (exact) mass is 620 g/mol. The molecule has 1 aromatic heterocycles. The second kappa shape index (κ2) is 13.4. The van der Waals surface area contributed by atoms with E-state index in [9.17, 15) is 28.5 Å². The van der Waals surface area contributed by atoms with Gasteiger partial charge in [-0.1, -0.05) is 36.4 Å². The molecule has 3 aromatic carbocycles. The van der Waals surface area contributed by atoms with Crippen LogP contribution in [0.4, 0.5) is 20.2 Å². The first-order valence-corrected chi connectivity index (χ1v) is 14.4. The van der Waals surface area contributed by atoms with Gasteiger partial charge in [0.25, 0.3) is 11.2 Å². The summed E-state index contributed by atoms with van der Waals surface area (Å²) in [6, 6.07) is 16.2. The second-order valence-corrected chi connectivity index (χ2v) is 11.0. The summed E-state index contributed by atoms with van der Waals surface area (Å²) in [5.74, 6) is -1.11. The number of anilines is 1. The van der Waals surface area contributed by atoms with Gasteiger partial charge in [0.1, 0.15) is 23.1 Å². The second-order valence-electron chi connectivity index (χ2n) is 11.0. The fourth-order valence-corrected chi connectivity index (χ4v) is 5.76. The van der Waals surface area contributed by atoms with Gasteiger partial charge in [-0.05, 0) is 30.7 Å². The normalized spacial score (nSPS) is 14.4. The van der Waals surface area contributed by atoms with Gasteiger partial charge in [-0.2, -0.15) is 0 Å². The van der Waals surface area contributed by atoms with Crippen LogP contribution >= 0.6 is 0 Å². The number of hydrogen-bond donors (Lipinski definition) is 1. The molecule has 0 radical (unpaired) electrons. The number of ether oxygens (including phenoxy) is 1. The van der Waals surface area contributed by atoms with Gasteiger partial charge >= 0.3 is 5.69 Å². The van der Waals surface area contributed by atoms with E-state index in [-0.39, 0.29) is 29.2 Å². The molecule has 4 aromatic rings. The molecule has 1 aliphatic heterocycles. The van der Waals surface area contributed by atoms with E-state index in [0.717, 1.165) is 22.3 Å². The lowest BCUT2D eigenvalue weighted by molar-refractivity contribution is -0.384. The highest BCUT2D eigenvalue weighted by atomic mass is 19.1. The fraction of sp³-hybridized carbons (Fsp3) is 0.312. The van der Waals surface area contributed by atoms with E-state index in [2.05, 4.69) is 4.90 Å². The van der Waals surface area contributed by atoms with Gasteiger partial charge < -0.3 is 15.4 Å². The molecular formula is C32H34F2N6O5. The first-order valence-electron chi connectivity index (χ1n) is 14.4. The van der Waals surface area contributed by atoms with Crippen LogP contribution in [0.1, 0.15) is 28.4 Å². The van der Waals surface area contributed by atoms with Crippen LogP contribution in [-0.2, 0) is 19.6 Å². The smallest absolute Gasteiger partial charge is 0.331 e. The molecule has 45 heavy (non-hydrogen) atoms. The summed E-state index contributed by atoms with van der Waals surface area (Å²) in [7, 11) is 1.50. The van der Waals surface area contributed by atoms with Crippen LogP contribution < -0.4 is 26.6 Å². The maximum Gasteiger partial charge on any atom is 0.331 e. The van der Waals surface area contributed by atoms with Gasteiger partial charge in [-0.15, -0.1) is 0 Å². The van der Waals surface area contributed by atoms with E-state index in [1.54, 1.807) is 37.3 Å². The molecule has 11 nitrogen and oxygen atoms in total. The highest BCUT2D eigenvalue weighted by Gasteiger charge is 2.27. The summed E-state index contributed by atoms with van der Waals surface area (Å²) in [6.07, 6.45) is 0. The maximum absolute atomic E-state index is 14.7. The van der Waals surface area contributed by atoms with Crippen LogP contribution in [0.15, 0.2) is 76.3 Å². The average molecular weight is 621 g/mol. The Morgan fingerprint density at radius 2 is 1.60 bits per heavy atom. The lowest BCUT2D eigenvalue weighted by Gasteiger charge is -2.37. The molecule has 2 heterocycles. The Kier molecular flexibility index (Phi) is 9.40. The van der Waals surface area contributed by atoms with Gasteiger partial charge in [0.05, 0.1) is 31.2 Å². The standard InChI is InChI=1S/C32H34F2N6O5/c1-21-30(37-15-13-36(14-16-37)18-22-7-5-8-23(17-22)40(43)44)31(41)39(20-28(35)24-9-3-4-12-29(24)45-2)32(42)38(21)19-25-26(33)10-6-11-27(25)34/h3-12,17,28H,13-16,18-20,35H2,1-2H3/t28-/m0/s1. The molecule has 0 spiro atoms. The molecule has 0 unspecified atom stereocenters. The molecule has 236 valence electrons. The zero-order valence-electron chi connectivity index (χ0n) is 25.0. The Morgan fingerprint density at radius 3 is 2.27 bits per heavy atom. The van der Waals surface area contributed by atoms with Crippen LogP contribution in [0, 0.1) is 28.7 Å². The molecule has 1 atom stereocenters. The molecule has 1 aliphatic rings. The van der Waals surface area contributed by atoms with Crippen molar-refractivity contribution < 1.29 is 18.4 Å². The number of nitro groups is 1. The van der Waals surface area contributed by atoms with Crippen molar-refractivity contribution >= 4 is 11.4 Å². The number of hydrogen-bond acceptors (Lipinski definition) is 8. The summed E-state index contributed by atoms with van der Waals surface area (Å²) in [5, 5.41) is 11.2. The van der Waals surface area contributed by atoms with Gasteiger partial charge in [0, 0.05) is 61.7 Å². The van der Waals surface area contributed by atoms with Crippen LogP contribution in [0.25, 0.3) is 0 Å². The van der Waals surface area contributed by atoms with Crippen molar-refractivity contribution in [3.05, 3.63) is 132 Å². The Labute approximate surface area is 257 Å². The predicted molar refractivity (Wildman–Crippen MR) is 166 cm³/mol. The number of nitro benzene ring substituents is 1. The van der Waals surface area contributed by atoms with Crippen molar-refractivity contribution in [1.82, 2.24) is 14.0 Å². The number of non-ortho nitro benzene ring substituents is 1. The van der Waals surface area contributed by atoms with E-state index in [4.69, 9.17) is 10.5 Å². The van der Waals surface area contributed by atoms with E-state index >= 15 is 0 Å².